The Morgan fingerprint density at radius 1 is 1.38 bits per heavy atom. The lowest BCUT2D eigenvalue weighted by Crippen LogP contribution is -2.48. The number of aliphatic hydroxyl groups excluding tert-OH is 1. The van der Waals surface area contributed by atoms with Crippen LogP contribution in [0.4, 0.5) is 4.39 Å². The largest absolute Gasteiger partial charge is 0.486 e. The van der Waals surface area contributed by atoms with Gasteiger partial charge in [-0.2, -0.15) is 9.57 Å². The molecule has 0 radical (unpaired) electrons. The van der Waals surface area contributed by atoms with E-state index in [1.54, 1.807) is 12.1 Å². The van der Waals surface area contributed by atoms with Crippen molar-refractivity contribution in [3.8, 4) is 11.8 Å². The highest BCUT2D eigenvalue weighted by atomic mass is 127. The molecule has 3 rings (SSSR count). The zero-order valence-corrected chi connectivity index (χ0v) is 18.4. The lowest BCUT2D eigenvalue weighted by atomic mass is 10.0. The molecule has 1 aliphatic rings. The Morgan fingerprint density at radius 3 is 2.69 bits per heavy atom. The van der Waals surface area contributed by atoms with Crippen LogP contribution in [-0.4, -0.2) is 54.3 Å². The number of sulfonamides is 1. The van der Waals surface area contributed by atoms with Crippen LogP contribution < -0.4 is 4.74 Å². The van der Waals surface area contributed by atoms with Crippen molar-refractivity contribution in [3.05, 3.63) is 56.4 Å². The predicted octanol–water partition coefficient (Wildman–Crippen LogP) is 2.13. The number of aliphatic hydroxyl groups is 2. The van der Waals surface area contributed by atoms with E-state index in [1.165, 1.54) is 24.3 Å². The molecule has 0 aromatic heterocycles. The summed E-state index contributed by atoms with van der Waals surface area (Å²) in [6.07, 6.45) is -1.17. The Bertz CT molecular complexity index is 1090. The molecule has 1 heterocycles. The molecular formula is C18H15ClFIN2O5S. The van der Waals surface area contributed by atoms with Crippen molar-refractivity contribution in [3.63, 3.8) is 0 Å². The molecule has 0 bridgehead atoms. The van der Waals surface area contributed by atoms with Crippen molar-refractivity contribution < 1.29 is 27.8 Å². The summed E-state index contributed by atoms with van der Waals surface area (Å²) in [6.45, 7) is -1.50. The molecule has 0 spiro atoms. The number of halogens is 3. The first-order chi connectivity index (χ1) is 13.6. The third kappa shape index (κ3) is 4.35. The summed E-state index contributed by atoms with van der Waals surface area (Å²) < 4.78 is 47.1. The van der Waals surface area contributed by atoms with Crippen molar-refractivity contribution >= 4 is 44.2 Å². The fourth-order valence-corrected chi connectivity index (χ4v) is 5.65. The molecule has 0 aliphatic carbocycles. The van der Waals surface area contributed by atoms with E-state index in [-0.39, 0.29) is 27.8 Å². The minimum Gasteiger partial charge on any atom is -0.486 e. The monoisotopic (exact) mass is 552 g/mol. The first-order valence-corrected chi connectivity index (χ1v) is 11.1. The smallest absolute Gasteiger partial charge is 0.244 e. The Morgan fingerprint density at radius 2 is 2.10 bits per heavy atom. The number of benzene rings is 2. The van der Waals surface area contributed by atoms with Crippen LogP contribution in [0.1, 0.15) is 5.56 Å². The number of rotatable bonds is 5. The van der Waals surface area contributed by atoms with Crippen LogP contribution in [0.5, 0.6) is 5.75 Å². The average Bonchev–Trinajstić information content (AvgIpc) is 2.99. The third-order valence-electron chi connectivity index (χ3n) is 4.54. The van der Waals surface area contributed by atoms with E-state index < -0.39 is 40.7 Å². The fourth-order valence-electron chi connectivity index (χ4n) is 2.96. The van der Waals surface area contributed by atoms with E-state index in [2.05, 4.69) is 0 Å². The Kier molecular flexibility index (Phi) is 6.38. The van der Waals surface area contributed by atoms with Gasteiger partial charge in [0.1, 0.15) is 34.2 Å². The summed E-state index contributed by atoms with van der Waals surface area (Å²) in [5.74, 6) is -0.824. The summed E-state index contributed by atoms with van der Waals surface area (Å²) in [5.41, 5.74) is -2.09. The number of hydrogen-bond donors (Lipinski definition) is 2. The van der Waals surface area contributed by atoms with Gasteiger partial charge in [0.05, 0.1) is 23.7 Å². The summed E-state index contributed by atoms with van der Waals surface area (Å²) in [4.78, 5) is -0.134. The highest BCUT2D eigenvalue weighted by Gasteiger charge is 2.51. The molecule has 2 N–H and O–H groups in total. The molecule has 2 aromatic carbocycles. The molecule has 1 aliphatic heterocycles. The number of ether oxygens (including phenoxy) is 1. The molecule has 154 valence electrons. The van der Waals surface area contributed by atoms with E-state index in [1.807, 2.05) is 22.6 Å². The minimum absolute atomic E-state index is 0.00933. The third-order valence-corrected chi connectivity index (χ3v) is 7.51. The van der Waals surface area contributed by atoms with Gasteiger partial charge in [-0.25, -0.2) is 12.8 Å². The van der Waals surface area contributed by atoms with Gasteiger partial charge < -0.3 is 14.9 Å². The zero-order valence-electron chi connectivity index (χ0n) is 14.7. The maximum Gasteiger partial charge on any atom is 0.244 e. The maximum absolute atomic E-state index is 13.8. The number of nitrogens with zero attached hydrogens (tertiary/aromatic N) is 2. The van der Waals surface area contributed by atoms with Crippen molar-refractivity contribution in [2.24, 2.45) is 0 Å². The molecule has 0 unspecified atom stereocenters. The average molecular weight is 553 g/mol. The van der Waals surface area contributed by atoms with Crippen LogP contribution in [0.2, 0.25) is 5.02 Å². The highest BCUT2D eigenvalue weighted by Crippen LogP contribution is 2.33. The minimum atomic E-state index is -4.08. The predicted molar refractivity (Wildman–Crippen MR) is 110 cm³/mol. The van der Waals surface area contributed by atoms with E-state index in [0.717, 1.165) is 13.9 Å². The van der Waals surface area contributed by atoms with Crippen molar-refractivity contribution in [2.75, 3.05) is 19.7 Å². The van der Waals surface area contributed by atoms with Gasteiger partial charge in [-0.05, 0) is 52.9 Å². The van der Waals surface area contributed by atoms with Crippen LogP contribution in [0.15, 0.2) is 41.3 Å². The molecule has 0 amide bonds. The Hall–Kier alpha value is -1.49. The highest BCUT2D eigenvalue weighted by molar-refractivity contribution is 14.1. The summed E-state index contributed by atoms with van der Waals surface area (Å²) in [6, 6.07) is 9.61. The van der Waals surface area contributed by atoms with Gasteiger partial charge in [-0.15, -0.1) is 0 Å². The first-order valence-electron chi connectivity index (χ1n) is 8.25. The quantitative estimate of drug-likeness (QED) is 0.550. The molecule has 1 fully saturated rings. The van der Waals surface area contributed by atoms with Crippen molar-refractivity contribution in [1.29, 1.82) is 5.26 Å². The van der Waals surface area contributed by atoms with Crippen LogP contribution in [0.25, 0.3) is 0 Å². The van der Waals surface area contributed by atoms with Gasteiger partial charge >= 0.3 is 0 Å². The van der Waals surface area contributed by atoms with Crippen LogP contribution >= 0.6 is 34.2 Å². The molecule has 0 saturated carbocycles. The van der Waals surface area contributed by atoms with E-state index in [0.29, 0.717) is 0 Å². The fraction of sp³-hybridized carbons (Fsp3) is 0.278. The molecule has 1 saturated heterocycles. The second-order valence-electron chi connectivity index (χ2n) is 6.49. The molecule has 29 heavy (non-hydrogen) atoms. The summed E-state index contributed by atoms with van der Waals surface area (Å²) in [5, 5.41) is 29.2. The molecule has 7 nitrogen and oxygen atoms in total. The summed E-state index contributed by atoms with van der Waals surface area (Å²) in [7, 11) is -4.08. The van der Waals surface area contributed by atoms with E-state index in [4.69, 9.17) is 21.6 Å². The lowest BCUT2D eigenvalue weighted by molar-refractivity contribution is -0.0641. The lowest BCUT2D eigenvalue weighted by Gasteiger charge is -2.27. The SMILES string of the molecule is N#Cc1ccc(O[C@H]2CN(S(=O)(=O)c3ccc(I)cc3Cl)C[C@@]2(O)CO)cc1F. The number of hydrogen-bond acceptors (Lipinski definition) is 6. The molecule has 2 aromatic rings. The van der Waals surface area contributed by atoms with Gasteiger partial charge in [0.15, 0.2) is 0 Å². The van der Waals surface area contributed by atoms with Crippen molar-refractivity contribution in [1.82, 2.24) is 4.31 Å². The second-order valence-corrected chi connectivity index (χ2v) is 10.1. The second kappa shape index (κ2) is 8.33. The van der Waals surface area contributed by atoms with Gasteiger partial charge in [0.25, 0.3) is 0 Å². The normalized spacial score (nSPS) is 22.4. The van der Waals surface area contributed by atoms with Gasteiger partial charge in [0.2, 0.25) is 10.0 Å². The van der Waals surface area contributed by atoms with Gasteiger partial charge in [0, 0.05) is 16.2 Å². The molecule has 2 atom stereocenters. The molecular weight excluding hydrogens is 538 g/mol. The van der Waals surface area contributed by atoms with Crippen LogP contribution in [0.3, 0.4) is 0 Å². The maximum atomic E-state index is 13.8. The van der Waals surface area contributed by atoms with E-state index in [9.17, 15) is 23.0 Å². The van der Waals surface area contributed by atoms with Crippen LogP contribution in [0, 0.1) is 20.7 Å². The first kappa shape index (κ1) is 22.2. The Balaban J connectivity index is 1.89. The zero-order chi connectivity index (χ0) is 21.4. The Labute approximate surface area is 185 Å². The van der Waals surface area contributed by atoms with Crippen LogP contribution in [-0.2, 0) is 10.0 Å². The standard InChI is InChI=1S/C18H15ClFIN2O5S/c19-14-5-12(21)2-4-16(14)29(26,27)23-8-17(18(25,9-23)10-24)28-13-3-1-11(7-22)15(20)6-13/h1-6,17,24-25H,8-10H2/t17-,18+/m0/s1. The number of β-amino-alcohol motifs (C(OH)–C–C–N with tert-alkyl or cyclic N) is 1. The molecule has 11 heteroatoms. The summed E-state index contributed by atoms with van der Waals surface area (Å²) >= 11 is 8.08. The van der Waals surface area contributed by atoms with E-state index >= 15 is 0 Å². The van der Waals surface area contributed by atoms with Gasteiger partial charge in [-0.3, -0.25) is 0 Å². The number of nitriles is 1. The van der Waals surface area contributed by atoms with Crippen molar-refractivity contribution in [2.45, 2.75) is 16.6 Å². The topological polar surface area (TPSA) is 111 Å². The van der Waals surface area contributed by atoms with Gasteiger partial charge in [-0.1, -0.05) is 11.6 Å².